The van der Waals surface area contributed by atoms with E-state index in [0.29, 0.717) is 0 Å². The topological polar surface area (TPSA) is 22.1 Å². The molecule has 0 saturated carbocycles. The van der Waals surface area contributed by atoms with Gasteiger partial charge in [-0.3, -0.25) is 4.98 Å². The van der Waals surface area contributed by atoms with Crippen molar-refractivity contribution in [1.82, 2.24) is 4.98 Å². The minimum absolute atomic E-state index is 0.0534. The molecule has 0 atom stereocenters. The molecule has 0 spiro atoms. The van der Waals surface area contributed by atoms with Crippen LogP contribution in [0.2, 0.25) is 0 Å². The number of hydrogen-bond donors (Lipinski definition) is 0. The second-order valence-electron chi connectivity index (χ2n) is 9.98. The van der Waals surface area contributed by atoms with Crippen LogP contribution in [0.5, 0.6) is 11.5 Å². The van der Waals surface area contributed by atoms with E-state index in [0.717, 1.165) is 27.7 Å². The quantitative estimate of drug-likeness (QED) is 0.244. The highest BCUT2D eigenvalue weighted by molar-refractivity contribution is 6.18. The van der Waals surface area contributed by atoms with Gasteiger partial charge < -0.3 is 4.74 Å². The molecule has 0 radical (unpaired) electrons. The molecule has 36 heavy (non-hydrogen) atoms. The number of fused-ring (bicyclic) bond motifs is 5. The second kappa shape index (κ2) is 7.79. The summed E-state index contributed by atoms with van der Waals surface area (Å²) in [5, 5.41) is 4.42. The molecule has 1 aliphatic rings. The first kappa shape index (κ1) is 20.9. The highest BCUT2D eigenvalue weighted by Gasteiger charge is 2.37. The average Bonchev–Trinajstić information content (AvgIpc) is 3.16. The summed E-state index contributed by atoms with van der Waals surface area (Å²) in [5.41, 5.74) is 7.78. The van der Waals surface area contributed by atoms with Gasteiger partial charge >= 0.3 is 0 Å². The van der Waals surface area contributed by atoms with Crippen molar-refractivity contribution in [3.63, 3.8) is 0 Å². The number of benzene rings is 5. The third-order valence-corrected chi connectivity index (χ3v) is 7.62. The molecule has 172 valence electrons. The Morgan fingerprint density at radius 3 is 2.08 bits per heavy atom. The van der Waals surface area contributed by atoms with Crippen LogP contribution in [0, 0.1) is 0 Å². The van der Waals surface area contributed by atoms with E-state index in [1.165, 1.54) is 38.8 Å². The summed E-state index contributed by atoms with van der Waals surface area (Å²) >= 11 is 0. The van der Waals surface area contributed by atoms with Crippen LogP contribution >= 0.6 is 0 Å². The van der Waals surface area contributed by atoms with Gasteiger partial charge in [0.2, 0.25) is 0 Å². The molecule has 0 saturated heterocycles. The molecule has 1 aliphatic carbocycles. The van der Waals surface area contributed by atoms with Crippen molar-refractivity contribution in [2.75, 3.05) is 0 Å². The maximum Gasteiger partial charge on any atom is 0.143 e. The Balaban J connectivity index is 1.60. The van der Waals surface area contributed by atoms with Crippen LogP contribution in [-0.2, 0) is 5.41 Å². The van der Waals surface area contributed by atoms with Crippen LogP contribution in [0.1, 0.15) is 25.0 Å². The molecular weight excluding hydrogens is 438 g/mol. The van der Waals surface area contributed by atoms with Crippen LogP contribution in [0.15, 0.2) is 116 Å². The molecule has 6 aromatic rings. The molecule has 0 amide bonds. The smallest absolute Gasteiger partial charge is 0.143 e. The van der Waals surface area contributed by atoms with Crippen molar-refractivity contribution < 1.29 is 4.74 Å². The molecule has 5 aromatic carbocycles. The molecule has 0 bridgehead atoms. The summed E-state index contributed by atoms with van der Waals surface area (Å²) in [7, 11) is 0. The number of para-hydroxylation sites is 1. The van der Waals surface area contributed by atoms with Gasteiger partial charge in [-0.2, -0.15) is 0 Å². The highest BCUT2D eigenvalue weighted by Crippen LogP contribution is 2.54. The van der Waals surface area contributed by atoms with Crippen molar-refractivity contribution in [3.8, 4) is 33.8 Å². The summed E-state index contributed by atoms with van der Waals surface area (Å²) in [5.74, 6) is 1.69. The summed E-state index contributed by atoms with van der Waals surface area (Å²) in [6.07, 6.45) is 3.84. The molecule has 7 rings (SSSR count). The molecule has 2 nitrogen and oxygen atoms in total. The van der Waals surface area contributed by atoms with E-state index >= 15 is 0 Å². The Bertz CT molecular complexity index is 1730. The Kier molecular flexibility index (Phi) is 4.52. The number of nitrogens with zero attached hydrogens (tertiary/aromatic N) is 1. The van der Waals surface area contributed by atoms with Crippen molar-refractivity contribution in [3.05, 3.63) is 127 Å². The maximum absolute atomic E-state index is 6.55. The monoisotopic (exact) mass is 463 g/mol. The lowest BCUT2D eigenvalue weighted by Gasteiger charge is -2.22. The van der Waals surface area contributed by atoms with Crippen LogP contribution in [-0.4, -0.2) is 4.98 Å². The Hall–Kier alpha value is -4.43. The first-order valence-electron chi connectivity index (χ1n) is 12.4. The SMILES string of the molecule is CC1(C)c2ccccc2-c2c(-c3c4ccccc4c(Oc4ccccc4)c4ccncc34)cccc21. The average molecular weight is 464 g/mol. The van der Waals surface area contributed by atoms with Crippen molar-refractivity contribution in [2.24, 2.45) is 0 Å². The minimum Gasteiger partial charge on any atom is -0.456 e. The largest absolute Gasteiger partial charge is 0.456 e. The first-order chi connectivity index (χ1) is 17.6. The zero-order valence-corrected chi connectivity index (χ0v) is 20.3. The van der Waals surface area contributed by atoms with Gasteiger partial charge in [0.15, 0.2) is 0 Å². The molecule has 2 heteroatoms. The predicted molar refractivity (Wildman–Crippen MR) is 149 cm³/mol. The van der Waals surface area contributed by atoms with E-state index in [9.17, 15) is 0 Å². The van der Waals surface area contributed by atoms with E-state index in [-0.39, 0.29) is 5.41 Å². The number of aromatic nitrogens is 1. The summed E-state index contributed by atoms with van der Waals surface area (Å²) in [4.78, 5) is 4.56. The van der Waals surface area contributed by atoms with E-state index in [1.807, 2.05) is 42.7 Å². The van der Waals surface area contributed by atoms with Crippen LogP contribution in [0.4, 0.5) is 0 Å². The van der Waals surface area contributed by atoms with E-state index < -0.39 is 0 Å². The third kappa shape index (κ3) is 2.94. The lowest BCUT2D eigenvalue weighted by molar-refractivity contribution is 0.494. The van der Waals surface area contributed by atoms with Gasteiger partial charge in [0.05, 0.1) is 0 Å². The van der Waals surface area contributed by atoms with Gasteiger partial charge in [-0.15, -0.1) is 0 Å². The van der Waals surface area contributed by atoms with E-state index in [1.54, 1.807) is 0 Å². The highest BCUT2D eigenvalue weighted by atomic mass is 16.5. The Labute approximate surface area is 210 Å². The second-order valence-corrected chi connectivity index (χ2v) is 9.98. The van der Waals surface area contributed by atoms with E-state index in [4.69, 9.17) is 4.74 Å². The molecule has 0 unspecified atom stereocenters. The first-order valence-corrected chi connectivity index (χ1v) is 12.4. The number of rotatable bonds is 3. The van der Waals surface area contributed by atoms with Gasteiger partial charge in [0.1, 0.15) is 11.5 Å². The molecule has 1 heterocycles. The maximum atomic E-state index is 6.55. The van der Waals surface area contributed by atoms with Crippen molar-refractivity contribution in [2.45, 2.75) is 19.3 Å². The van der Waals surface area contributed by atoms with Gasteiger partial charge in [-0.05, 0) is 57.0 Å². The molecule has 0 fully saturated rings. The number of pyridine rings is 1. The fourth-order valence-corrected chi connectivity index (χ4v) is 5.95. The fourth-order valence-electron chi connectivity index (χ4n) is 5.95. The Morgan fingerprint density at radius 2 is 1.22 bits per heavy atom. The zero-order chi connectivity index (χ0) is 24.3. The predicted octanol–water partition coefficient (Wildman–Crippen LogP) is 9.15. The van der Waals surface area contributed by atoms with Gasteiger partial charge in [0, 0.05) is 34.0 Å². The molecule has 1 aromatic heterocycles. The minimum atomic E-state index is -0.0534. The van der Waals surface area contributed by atoms with Crippen LogP contribution in [0.25, 0.3) is 43.8 Å². The van der Waals surface area contributed by atoms with E-state index in [2.05, 4.69) is 91.6 Å². The van der Waals surface area contributed by atoms with Gasteiger partial charge in [-0.1, -0.05) is 98.8 Å². The van der Waals surface area contributed by atoms with Crippen LogP contribution in [0.3, 0.4) is 0 Å². The van der Waals surface area contributed by atoms with Gasteiger partial charge in [-0.25, -0.2) is 0 Å². The van der Waals surface area contributed by atoms with Crippen LogP contribution < -0.4 is 4.74 Å². The zero-order valence-electron chi connectivity index (χ0n) is 20.3. The number of hydrogen-bond acceptors (Lipinski definition) is 2. The normalized spacial score (nSPS) is 13.5. The fraction of sp³-hybridized carbons (Fsp3) is 0.0882. The lowest BCUT2D eigenvalue weighted by Crippen LogP contribution is -2.14. The molecular formula is C34H25NO. The Morgan fingerprint density at radius 1 is 0.556 bits per heavy atom. The standard InChI is InChI=1S/C34H25NO/c1-34(2)29-17-9-8-15-26(29)32-27(16-10-18-30(32)34)31-23-13-6-7-14-24(23)33(25-19-20-35-21-28(25)31)36-22-11-4-3-5-12-22/h3-21H,1-2H3. The summed E-state index contributed by atoms with van der Waals surface area (Å²) < 4.78 is 6.55. The molecule has 0 N–H and O–H groups in total. The summed E-state index contributed by atoms with van der Waals surface area (Å²) in [6.45, 7) is 4.66. The van der Waals surface area contributed by atoms with Crippen molar-refractivity contribution in [1.29, 1.82) is 0 Å². The lowest BCUT2D eigenvalue weighted by atomic mass is 9.81. The third-order valence-electron chi connectivity index (χ3n) is 7.62. The van der Waals surface area contributed by atoms with Crippen molar-refractivity contribution >= 4 is 21.5 Å². The number of ether oxygens (including phenoxy) is 1. The summed E-state index contributed by atoms with van der Waals surface area (Å²) in [6, 6.07) is 36.2. The molecule has 0 aliphatic heterocycles. The van der Waals surface area contributed by atoms with Gasteiger partial charge in [0.25, 0.3) is 0 Å².